The Labute approximate surface area is 184 Å². The molecule has 0 atom stereocenters. The maximum absolute atomic E-state index is 6.20. The molecular formula is C21H29IN4O2. The highest BCUT2D eigenvalue weighted by atomic mass is 127. The second-order valence-electron chi connectivity index (χ2n) is 6.70. The maximum Gasteiger partial charge on any atom is 0.188 e. The van der Waals surface area contributed by atoms with Crippen molar-refractivity contribution in [1.82, 2.24) is 10.3 Å². The summed E-state index contributed by atoms with van der Waals surface area (Å²) in [6, 6.07) is 11.7. The van der Waals surface area contributed by atoms with Gasteiger partial charge in [0.05, 0.1) is 19.8 Å². The molecule has 6 nitrogen and oxygen atoms in total. The van der Waals surface area contributed by atoms with Crippen molar-refractivity contribution in [3.63, 3.8) is 0 Å². The largest absolute Gasteiger partial charge is 0.497 e. The Bertz CT molecular complexity index is 749. The van der Waals surface area contributed by atoms with Gasteiger partial charge in [-0.3, -0.25) is 4.98 Å². The van der Waals surface area contributed by atoms with E-state index in [2.05, 4.69) is 15.3 Å². The topological polar surface area (TPSA) is 81.8 Å². The fourth-order valence-corrected chi connectivity index (χ4v) is 3.18. The van der Waals surface area contributed by atoms with Gasteiger partial charge in [0.1, 0.15) is 11.5 Å². The minimum Gasteiger partial charge on any atom is -0.497 e. The van der Waals surface area contributed by atoms with Crippen LogP contribution in [-0.4, -0.2) is 30.7 Å². The molecule has 0 aliphatic heterocycles. The molecule has 1 aliphatic rings. The Morgan fingerprint density at radius 3 is 2.79 bits per heavy atom. The summed E-state index contributed by atoms with van der Waals surface area (Å²) in [5.41, 5.74) is 8.05. The number of nitrogens with zero attached hydrogens (tertiary/aromatic N) is 2. The van der Waals surface area contributed by atoms with Gasteiger partial charge in [-0.1, -0.05) is 6.07 Å². The van der Waals surface area contributed by atoms with Crippen LogP contribution in [-0.2, 0) is 13.0 Å². The summed E-state index contributed by atoms with van der Waals surface area (Å²) < 4.78 is 11.5. The van der Waals surface area contributed by atoms with Gasteiger partial charge < -0.3 is 20.5 Å². The van der Waals surface area contributed by atoms with Crippen molar-refractivity contribution in [1.29, 1.82) is 0 Å². The zero-order valence-corrected chi connectivity index (χ0v) is 18.6. The van der Waals surface area contributed by atoms with Crippen LogP contribution < -0.4 is 20.5 Å². The Hall–Kier alpha value is -2.03. The SMILES string of the molecule is COc1ccc(CN=C(N)NCCc2ccccn2)c(OC2CCCC2)c1.I. The van der Waals surface area contributed by atoms with E-state index in [0.29, 0.717) is 19.0 Å². The number of benzene rings is 1. The number of nitrogens with two attached hydrogens (primary N) is 1. The summed E-state index contributed by atoms with van der Waals surface area (Å²) in [6.45, 7) is 1.16. The first-order chi connectivity index (χ1) is 13.2. The van der Waals surface area contributed by atoms with E-state index in [1.807, 2.05) is 36.4 Å². The third kappa shape index (κ3) is 6.85. The second-order valence-corrected chi connectivity index (χ2v) is 6.70. The molecule has 2 aromatic rings. The standard InChI is InChI=1S/C21H28N4O2.HI/c1-26-19-10-9-16(20(14-19)27-18-7-2-3-8-18)15-25-21(22)24-13-11-17-6-4-5-12-23-17;/h4-6,9-10,12,14,18H,2-3,7-8,11,13,15H2,1H3,(H3,22,24,25);1H. The number of hydrogen-bond acceptors (Lipinski definition) is 4. The van der Waals surface area contributed by atoms with E-state index < -0.39 is 0 Å². The van der Waals surface area contributed by atoms with Crippen LogP contribution in [0.25, 0.3) is 0 Å². The molecule has 1 saturated carbocycles. The summed E-state index contributed by atoms with van der Waals surface area (Å²) >= 11 is 0. The quantitative estimate of drug-likeness (QED) is 0.331. The van der Waals surface area contributed by atoms with Crippen molar-refractivity contribution < 1.29 is 9.47 Å². The molecule has 1 aromatic heterocycles. The molecule has 28 heavy (non-hydrogen) atoms. The number of ether oxygens (including phenoxy) is 2. The molecule has 0 bridgehead atoms. The lowest BCUT2D eigenvalue weighted by molar-refractivity contribution is 0.207. The number of guanidine groups is 1. The Kier molecular flexibility index (Phi) is 9.33. The number of hydrogen-bond donors (Lipinski definition) is 2. The fourth-order valence-electron chi connectivity index (χ4n) is 3.18. The monoisotopic (exact) mass is 496 g/mol. The number of nitrogens with one attached hydrogen (secondary N) is 1. The Morgan fingerprint density at radius 2 is 2.07 bits per heavy atom. The van der Waals surface area contributed by atoms with Crippen LogP contribution in [0.5, 0.6) is 11.5 Å². The summed E-state index contributed by atoms with van der Waals surface area (Å²) in [5.74, 6) is 2.05. The predicted octanol–water partition coefficient (Wildman–Crippen LogP) is 3.68. The van der Waals surface area contributed by atoms with Crippen molar-refractivity contribution in [2.75, 3.05) is 13.7 Å². The van der Waals surface area contributed by atoms with Gasteiger partial charge in [0.15, 0.2) is 5.96 Å². The average molecular weight is 496 g/mol. The lowest BCUT2D eigenvalue weighted by atomic mass is 10.2. The highest BCUT2D eigenvalue weighted by Crippen LogP contribution is 2.30. The smallest absolute Gasteiger partial charge is 0.188 e. The molecule has 152 valence electrons. The van der Waals surface area contributed by atoms with Gasteiger partial charge >= 0.3 is 0 Å². The van der Waals surface area contributed by atoms with E-state index in [4.69, 9.17) is 15.2 Å². The van der Waals surface area contributed by atoms with E-state index in [1.165, 1.54) is 12.8 Å². The highest BCUT2D eigenvalue weighted by molar-refractivity contribution is 14.0. The van der Waals surface area contributed by atoms with Gasteiger partial charge in [-0.25, -0.2) is 4.99 Å². The third-order valence-electron chi connectivity index (χ3n) is 4.70. The molecule has 1 aromatic carbocycles. The van der Waals surface area contributed by atoms with E-state index in [0.717, 1.165) is 42.0 Å². The van der Waals surface area contributed by atoms with Crippen molar-refractivity contribution in [3.8, 4) is 11.5 Å². The minimum atomic E-state index is 0. The first kappa shape index (κ1) is 22.3. The summed E-state index contributed by atoms with van der Waals surface area (Å²) in [6.07, 6.45) is 7.56. The van der Waals surface area contributed by atoms with Crippen molar-refractivity contribution >= 4 is 29.9 Å². The van der Waals surface area contributed by atoms with Crippen molar-refractivity contribution in [2.45, 2.75) is 44.8 Å². The zero-order chi connectivity index (χ0) is 18.9. The number of halogens is 1. The maximum atomic E-state index is 6.20. The fraction of sp³-hybridized carbons (Fsp3) is 0.429. The van der Waals surface area contributed by atoms with Crippen molar-refractivity contribution in [2.24, 2.45) is 10.7 Å². The lowest BCUT2D eigenvalue weighted by Crippen LogP contribution is -2.33. The summed E-state index contributed by atoms with van der Waals surface area (Å²) in [4.78, 5) is 8.76. The molecule has 1 aliphatic carbocycles. The van der Waals surface area contributed by atoms with Crippen LogP contribution in [0, 0.1) is 0 Å². The number of rotatable bonds is 8. The summed E-state index contributed by atoms with van der Waals surface area (Å²) in [5, 5.41) is 3.14. The number of aromatic nitrogens is 1. The molecule has 0 radical (unpaired) electrons. The minimum absolute atomic E-state index is 0. The molecule has 3 N–H and O–H groups in total. The average Bonchev–Trinajstić information content (AvgIpc) is 3.21. The molecular weight excluding hydrogens is 467 g/mol. The van der Waals surface area contributed by atoms with E-state index in [-0.39, 0.29) is 30.1 Å². The lowest BCUT2D eigenvalue weighted by Gasteiger charge is -2.17. The van der Waals surface area contributed by atoms with Gasteiger partial charge in [-0.05, 0) is 49.9 Å². The van der Waals surface area contributed by atoms with E-state index in [1.54, 1.807) is 13.3 Å². The highest BCUT2D eigenvalue weighted by Gasteiger charge is 2.18. The zero-order valence-electron chi connectivity index (χ0n) is 16.3. The molecule has 3 rings (SSSR count). The Morgan fingerprint density at radius 1 is 1.25 bits per heavy atom. The Balaban J connectivity index is 0.00000280. The number of pyridine rings is 1. The van der Waals surface area contributed by atoms with Gasteiger partial charge in [-0.15, -0.1) is 24.0 Å². The molecule has 0 spiro atoms. The van der Waals surface area contributed by atoms with E-state index in [9.17, 15) is 0 Å². The van der Waals surface area contributed by atoms with Gasteiger partial charge in [0.2, 0.25) is 0 Å². The van der Waals surface area contributed by atoms with Crippen LogP contribution >= 0.6 is 24.0 Å². The number of aliphatic imine (C=N–C) groups is 1. The van der Waals surface area contributed by atoms with Gasteiger partial charge in [-0.2, -0.15) is 0 Å². The molecule has 1 heterocycles. The third-order valence-corrected chi connectivity index (χ3v) is 4.70. The molecule has 0 amide bonds. The first-order valence-corrected chi connectivity index (χ1v) is 9.52. The van der Waals surface area contributed by atoms with Crippen LogP contribution in [0.1, 0.15) is 36.9 Å². The van der Waals surface area contributed by atoms with E-state index >= 15 is 0 Å². The van der Waals surface area contributed by atoms with Crippen LogP contribution in [0.3, 0.4) is 0 Å². The van der Waals surface area contributed by atoms with Crippen LogP contribution in [0.4, 0.5) is 0 Å². The summed E-state index contributed by atoms with van der Waals surface area (Å²) in [7, 11) is 1.66. The molecule has 1 fully saturated rings. The second kappa shape index (κ2) is 11.7. The molecule has 0 saturated heterocycles. The first-order valence-electron chi connectivity index (χ1n) is 9.52. The predicted molar refractivity (Wildman–Crippen MR) is 123 cm³/mol. The van der Waals surface area contributed by atoms with Crippen LogP contribution in [0.2, 0.25) is 0 Å². The molecule has 7 heteroatoms. The van der Waals surface area contributed by atoms with Gasteiger partial charge in [0.25, 0.3) is 0 Å². The number of methoxy groups -OCH3 is 1. The molecule has 0 unspecified atom stereocenters. The normalized spacial score (nSPS) is 14.4. The van der Waals surface area contributed by atoms with Gasteiger partial charge in [0, 0.05) is 36.5 Å². The van der Waals surface area contributed by atoms with Crippen LogP contribution in [0.15, 0.2) is 47.6 Å². The van der Waals surface area contributed by atoms with Crippen molar-refractivity contribution in [3.05, 3.63) is 53.9 Å².